The summed E-state index contributed by atoms with van der Waals surface area (Å²) >= 11 is 12.4. The Labute approximate surface area is 249 Å². The van der Waals surface area contributed by atoms with Crippen molar-refractivity contribution in [3.8, 4) is 6.19 Å². The van der Waals surface area contributed by atoms with Crippen LogP contribution >= 0.6 is 23.2 Å². The fourth-order valence-electron chi connectivity index (χ4n) is 4.91. The molecule has 1 amide bonds. The molecule has 1 saturated carbocycles. The standard InChI is InChI=1S/C31H31Cl2N5O3/c32-25-16-26(33)18-27(17-25)37-31(36-20-34)38(28-12-10-23(11-13-28)22-4-2-1-3-5-22)19-21-6-8-24(9-7-21)30(41)35-15-14-29(39)40/h6-13,16-18,22H,1-5,14-15,19H2,(H,35,41)(H,36,37)(H,39,40). The lowest BCUT2D eigenvalue weighted by Crippen LogP contribution is -2.39. The number of carbonyl (C=O) groups is 2. The quantitative estimate of drug-likeness (QED) is 0.107. The van der Waals surface area contributed by atoms with Crippen LogP contribution in [0.25, 0.3) is 0 Å². The number of hydrogen-bond donors (Lipinski definition) is 3. The molecule has 0 aliphatic heterocycles. The normalized spacial score (nSPS) is 13.7. The SMILES string of the molecule is N#CNC(=Nc1cc(Cl)cc(Cl)c1)N(Cc1ccc(C(=O)NCCC(=O)O)cc1)c1ccc(C2CCCCC2)cc1. The molecule has 1 aliphatic rings. The summed E-state index contributed by atoms with van der Waals surface area (Å²) in [5, 5.41) is 24.6. The van der Waals surface area contributed by atoms with E-state index in [1.165, 1.54) is 37.7 Å². The molecule has 0 saturated heterocycles. The number of carbonyl (C=O) groups excluding carboxylic acids is 1. The number of guanidine groups is 1. The highest BCUT2D eigenvalue weighted by atomic mass is 35.5. The van der Waals surface area contributed by atoms with E-state index in [1.54, 1.807) is 30.3 Å². The predicted molar refractivity (Wildman–Crippen MR) is 162 cm³/mol. The average Bonchev–Trinajstić information content (AvgIpc) is 2.96. The summed E-state index contributed by atoms with van der Waals surface area (Å²) in [6.07, 6.45) is 8.00. The summed E-state index contributed by atoms with van der Waals surface area (Å²) < 4.78 is 0. The Hall–Kier alpha value is -4.06. The molecule has 3 aromatic carbocycles. The first kappa shape index (κ1) is 29.9. The van der Waals surface area contributed by atoms with Gasteiger partial charge in [-0.05, 0) is 72.4 Å². The number of halogens is 2. The molecule has 0 aromatic heterocycles. The number of nitrogens with zero attached hydrogens (tertiary/aromatic N) is 3. The summed E-state index contributed by atoms with van der Waals surface area (Å²) in [5.41, 5.74) is 3.90. The maximum Gasteiger partial charge on any atom is 0.305 e. The number of amides is 1. The van der Waals surface area contributed by atoms with E-state index in [-0.39, 0.29) is 24.8 Å². The van der Waals surface area contributed by atoms with E-state index in [4.69, 9.17) is 28.3 Å². The molecule has 0 unspecified atom stereocenters. The fraction of sp³-hybridized carbons (Fsp3) is 0.290. The van der Waals surface area contributed by atoms with Crippen LogP contribution in [0.3, 0.4) is 0 Å². The minimum Gasteiger partial charge on any atom is -0.481 e. The molecule has 1 aliphatic carbocycles. The third kappa shape index (κ3) is 8.71. The number of aliphatic imine (C=N–C) groups is 1. The van der Waals surface area contributed by atoms with Crippen LogP contribution in [0.2, 0.25) is 10.0 Å². The van der Waals surface area contributed by atoms with Gasteiger partial charge in [0.05, 0.1) is 18.7 Å². The molecule has 41 heavy (non-hydrogen) atoms. The summed E-state index contributed by atoms with van der Waals surface area (Å²) in [5.74, 6) is -0.485. The molecule has 0 atom stereocenters. The van der Waals surface area contributed by atoms with Gasteiger partial charge in [0.1, 0.15) is 0 Å². The monoisotopic (exact) mass is 591 g/mol. The Bertz CT molecular complexity index is 1410. The van der Waals surface area contributed by atoms with Crippen molar-refractivity contribution in [1.29, 1.82) is 5.26 Å². The average molecular weight is 593 g/mol. The van der Waals surface area contributed by atoms with Crippen LogP contribution in [0.5, 0.6) is 0 Å². The lowest BCUT2D eigenvalue weighted by atomic mass is 9.84. The number of nitriles is 1. The van der Waals surface area contributed by atoms with Crippen molar-refractivity contribution in [2.24, 2.45) is 4.99 Å². The lowest BCUT2D eigenvalue weighted by Gasteiger charge is -2.27. The van der Waals surface area contributed by atoms with Crippen LogP contribution in [0.15, 0.2) is 71.7 Å². The van der Waals surface area contributed by atoms with Gasteiger partial charge in [-0.25, -0.2) is 4.99 Å². The van der Waals surface area contributed by atoms with E-state index in [0.717, 1.165) is 11.3 Å². The van der Waals surface area contributed by atoms with Crippen LogP contribution in [-0.2, 0) is 11.3 Å². The predicted octanol–water partition coefficient (Wildman–Crippen LogP) is 7.01. The van der Waals surface area contributed by atoms with Gasteiger partial charge in [0.25, 0.3) is 5.91 Å². The highest BCUT2D eigenvalue weighted by Gasteiger charge is 2.19. The van der Waals surface area contributed by atoms with Crippen LogP contribution < -0.4 is 15.5 Å². The number of carboxylic acids is 1. The van der Waals surface area contributed by atoms with Crippen molar-refractivity contribution in [2.45, 2.75) is 51.0 Å². The first-order chi connectivity index (χ1) is 19.8. The van der Waals surface area contributed by atoms with Crippen LogP contribution in [0.4, 0.5) is 11.4 Å². The summed E-state index contributed by atoms with van der Waals surface area (Å²) in [6, 6.07) is 20.3. The van der Waals surface area contributed by atoms with E-state index in [9.17, 15) is 14.9 Å². The van der Waals surface area contributed by atoms with Gasteiger partial charge in [-0.2, -0.15) is 5.26 Å². The lowest BCUT2D eigenvalue weighted by molar-refractivity contribution is -0.136. The van der Waals surface area contributed by atoms with Crippen LogP contribution in [0.1, 0.15) is 65.9 Å². The zero-order valence-electron chi connectivity index (χ0n) is 22.4. The summed E-state index contributed by atoms with van der Waals surface area (Å²) in [6.45, 7) is 0.388. The van der Waals surface area contributed by atoms with Gasteiger partial charge in [0, 0.05) is 27.8 Å². The summed E-state index contributed by atoms with van der Waals surface area (Å²) in [7, 11) is 0. The largest absolute Gasteiger partial charge is 0.481 e. The number of benzene rings is 3. The van der Waals surface area contributed by atoms with Crippen LogP contribution in [-0.4, -0.2) is 29.5 Å². The van der Waals surface area contributed by atoms with Crippen molar-refractivity contribution >= 4 is 52.4 Å². The number of carboxylic acid groups (broad SMARTS) is 1. The molecule has 0 radical (unpaired) electrons. The van der Waals surface area contributed by atoms with E-state index in [2.05, 4.69) is 27.8 Å². The van der Waals surface area contributed by atoms with Crippen molar-refractivity contribution in [3.05, 3.63) is 93.5 Å². The third-order valence-electron chi connectivity index (χ3n) is 6.97. The van der Waals surface area contributed by atoms with E-state index in [1.807, 2.05) is 35.4 Å². The van der Waals surface area contributed by atoms with E-state index >= 15 is 0 Å². The highest BCUT2D eigenvalue weighted by molar-refractivity contribution is 6.35. The number of hydrogen-bond acceptors (Lipinski definition) is 4. The first-order valence-corrected chi connectivity index (χ1v) is 14.2. The number of aliphatic carboxylic acids is 1. The van der Waals surface area contributed by atoms with Crippen molar-refractivity contribution < 1.29 is 14.7 Å². The Morgan fingerprint density at radius 1 is 0.976 bits per heavy atom. The Morgan fingerprint density at radius 3 is 2.24 bits per heavy atom. The van der Waals surface area contributed by atoms with Gasteiger partial charge in [0.2, 0.25) is 5.96 Å². The van der Waals surface area contributed by atoms with Gasteiger partial charge in [-0.1, -0.05) is 66.7 Å². The zero-order chi connectivity index (χ0) is 29.2. The molecule has 0 bridgehead atoms. The maximum atomic E-state index is 12.4. The van der Waals surface area contributed by atoms with Crippen molar-refractivity contribution in [2.75, 3.05) is 11.4 Å². The molecular weight excluding hydrogens is 561 g/mol. The molecule has 0 spiro atoms. The summed E-state index contributed by atoms with van der Waals surface area (Å²) in [4.78, 5) is 29.7. The fourth-order valence-corrected chi connectivity index (χ4v) is 5.43. The number of rotatable bonds is 9. The van der Waals surface area contributed by atoms with Gasteiger partial charge in [-0.15, -0.1) is 0 Å². The second-order valence-corrected chi connectivity index (χ2v) is 10.8. The second kappa shape index (κ2) is 14.5. The molecule has 212 valence electrons. The van der Waals surface area contributed by atoms with E-state index in [0.29, 0.717) is 33.8 Å². The minimum absolute atomic E-state index is 0.0493. The van der Waals surface area contributed by atoms with Gasteiger partial charge < -0.3 is 15.3 Å². The highest BCUT2D eigenvalue weighted by Crippen LogP contribution is 2.34. The molecule has 0 heterocycles. The number of anilines is 1. The Balaban J connectivity index is 1.63. The Kier molecular flexibility index (Phi) is 10.6. The third-order valence-corrected chi connectivity index (χ3v) is 7.40. The molecule has 1 fully saturated rings. The van der Waals surface area contributed by atoms with Gasteiger partial charge >= 0.3 is 5.97 Å². The topological polar surface area (TPSA) is 118 Å². The van der Waals surface area contributed by atoms with Crippen LogP contribution in [0, 0.1) is 11.5 Å². The maximum absolute atomic E-state index is 12.4. The minimum atomic E-state index is -0.976. The Morgan fingerprint density at radius 2 is 1.63 bits per heavy atom. The van der Waals surface area contributed by atoms with Gasteiger partial charge in [-0.3, -0.25) is 14.9 Å². The molecule has 3 N–H and O–H groups in total. The smallest absolute Gasteiger partial charge is 0.305 e. The molecule has 3 aromatic rings. The zero-order valence-corrected chi connectivity index (χ0v) is 24.0. The van der Waals surface area contributed by atoms with Crippen molar-refractivity contribution in [3.63, 3.8) is 0 Å². The molecule has 4 rings (SSSR count). The number of nitrogens with one attached hydrogen (secondary N) is 2. The van der Waals surface area contributed by atoms with Gasteiger partial charge in [0.15, 0.2) is 6.19 Å². The van der Waals surface area contributed by atoms with E-state index < -0.39 is 5.97 Å². The first-order valence-electron chi connectivity index (χ1n) is 13.5. The van der Waals surface area contributed by atoms with Crippen molar-refractivity contribution in [1.82, 2.24) is 10.6 Å². The molecular formula is C31H31Cl2N5O3. The molecule has 8 nitrogen and oxygen atoms in total. The second-order valence-electron chi connectivity index (χ2n) is 9.91. The molecule has 10 heteroatoms.